The summed E-state index contributed by atoms with van der Waals surface area (Å²) < 4.78 is 11.1. The van der Waals surface area contributed by atoms with Gasteiger partial charge in [0.25, 0.3) is 5.91 Å². The van der Waals surface area contributed by atoms with Crippen LogP contribution in [0.2, 0.25) is 0 Å². The number of benzene rings is 1. The van der Waals surface area contributed by atoms with Gasteiger partial charge in [0.15, 0.2) is 5.76 Å². The number of hydrogen-bond donors (Lipinski definition) is 0. The lowest BCUT2D eigenvalue weighted by molar-refractivity contribution is 0.0695. The van der Waals surface area contributed by atoms with Gasteiger partial charge < -0.3 is 13.8 Å². The van der Waals surface area contributed by atoms with Gasteiger partial charge in [-0.05, 0) is 55.0 Å². The van der Waals surface area contributed by atoms with Crippen molar-refractivity contribution in [3.63, 3.8) is 0 Å². The smallest absolute Gasteiger partial charge is 0.253 e. The number of furan rings is 1. The minimum absolute atomic E-state index is 0.0406. The molecule has 3 heterocycles. The molecule has 2 aromatic heterocycles. The molecule has 1 atom stereocenters. The van der Waals surface area contributed by atoms with Crippen molar-refractivity contribution in [2.75, 3.05) is 13.1 Å². The molecule has 6 heteroatoms. The average molecular weight is 393 g/mol. The minimum Gasteiger partial charge on any atom is -0.458 e. The summed E-state index contributed by atoms with van der Waals surface area (Å²) in [6, 6.07) is 11.7. The van der Waals surface area contributed by atoms with Crippen LogP contribution in [0.1, 0.15) is 67.1 Å². The number of amides is 1. The summed E-state index contributed by atoms with van der Waals surface area (Å²) in [7, 11) is 0. The number of piperidine rings is 1. The first-order chi connectivity index (χ1) is 13.8. The quantitative estimate of drug-likeness (QED) is 0.629. The Labute approximate surface area is 170 Å². The fourth-order valence-electron chi connectivity index (χ4n) is 3.71. The van der Waals surface area contributed by atoms with Crippen LogP contribution in [-0.4, -0.2) is 34.0 Å². The highest BCUT2D eigenvalue weighted by molar-refractivity contribution is 5.94. The van der Waals surface area contributed by atoms with E-state index in [0.29, 0.717) is 24.0 Å². The van der Waals surface area contributed by atoms with Gasteiger partial charge in [-0.15, -0.1) is 0 Å². The van der Waals surface area contributed by atoms with Gasteiger partial charge in [0.05, 0.1) is 5.92 Å². The molecule has 4 rings (SSSR count). The molecule has 0 aliphatic carbocycles. The van der Waals surface area contributed by atoms with E-state index in [1.54, 1.807) is 0 Å². The zero-order valence-electron chi connectivity index (χ0n) is 17.4. The molecule has 6 nitrogen and oxygen atoms in total. The lowest BCUT2D eigenvalue weighted by atomic mass is 9.86. The normalized spacial score (nSPS) is 17.5. The Morgan fingerprint density at radius 1 is 1.14 bits per heavy atom. The third-order valence-corrected chi connectivity index (χ3v) is 5.46. The molecule has 0 radical (unpaired) electrons. The molecular formula is C23H27N3O3. The third-order valence-electron chi connectivity index (χ3n) is 5.46. The van der Waals surface area contributed by atoms with Crippen LogP contribution in [-0.2, 0) is 5.41 Å². The van der Waals surface area contributed by atoms with Crippen LogP contribution in [0.4, 0.5) is 0 Å². The Morgan fingerprint density at radius 3 is 2.55 bits per heavy atom. The van der Waals surface area contributed by atoms with E-state index in [4.69, 9.17) is 8.94 Å². The van der Waals surface area contributed by atoms with Gasteiger partial charge in [0.1, 0.15) is 5.76 Å². The van der Waals surface area contributed by atoms with E-state index in [1.165, 1.54) is 5.56 Å². The molecule has 0 unspecified atom stereocenters. The highest BCUT2D eigenvalue weighted by Gasteiger charge is 2.29. The maximum Gasteiger partial charge on any atom is 0.253 e. The number of aryl methyl sites for hydroxylation is 1. The molecule has 1 saturated heterocycles. The van der Waals surface area contributed by atoms with Gasteiger partial charge in [-0.1, -0.05) is 38.1 Å². The predicted octanol–water partition coefficient (Wildman–Crippen LogP) is 4.96. The van der Waals surface area contributed by atoms with Crippen LogP contribution in [0, 0.1) is 6.92 Å². The summed E-state index contributed by atoms with van der Waals surface area (Å²) in [6.45, 7) is 9.71. The second-order valence-corrected chi connectivity index (χ2v) is 8.78. The van der Waals surface area contributed by atoms with Crippen molar-refractivity contribution in [3.8, 4) is 11.6 Å². The molecule has 0 N–H and O–H groups in total. The number of likely N-dealkylation sites (tertiary alicyclic amines) is 1. The van der Waals surface area contributed by atoms with E-state index in [-0.39, 0.29) is 17.2 Å². The molecule has 1 aromatic carbocycles. The van der Waals surface area contributed by atoms with Crippen molar-refractivity contribution < 1.29 is 13.7 Å². The first-order valence-corrected chi connectivity index (χ1v) is 10.1. The Kier molecular flexibility index (Phi) is 5.03. The zero-order chi connectivity index (χ0) is 20.6. The molecule has 1 aliphatic rings. The van der Waals surface area contributed by atoms with Gasteiger partial charge in [-0.3, -0.25) is 4.79 Å². The molecule has 152 valence electrons. The van der Waals surface area contributed by atoms with Crippen molar-refractivity contribution in [3.05, 3.63) is 59.2 Å². The molecule has 1 amide bonds. The van der Waals surface area contributed by atoms with E-state index in [0.717, 1.165) is 30.7 Å². The van der Waals surface area contributed by atoms with Crippen molar-refractivity contribution in [1.82, 2.24) is 15.0 Å². The standard InChI is InChI=1S/C23H27N3O3/c1-15-7-12-19(28-15)20-24-21(29-25-20)17-6-5-13-26(14-17)22(27)16-8-10-18(11-9-16)23(2,3)4/h7-12,17H,5-6,13-14H2,1-4H3/t17-/m0/s1. The SMILES string of the molecule is Cc1ccc(-c2noc([C@H]3CCCN(C(=O)c4ccc(C(C)(C)C)cc4)C3)n2)o1. The largest absolute Gasteiger partial charge is 0.458 e. The Balaban J connectivity index is 1.47. The fourth-order valence-corrected chi connectivity index (χ4v) is 3.71. The Morgan fingerprint density at radius 2 is 1.90 bits per heavy atom. The zero-order valence-corrected chi connectivity index (χ0v) is 17.4. The minimum atomic E-state index is 0.0406. The summed E-state index contributed by atoms with van der Waals surface area (Å²) >= 11 is 0. The summed E-state index contributed by atoms with van der Waals surface area (Å²) in [6.07, 6.45) is 1.83. The Bertz CT molecular complexity index is 995. The topological polar surface area (TPSA) is 72.4 Å². The maximum atomic E-state index is 13.0. The van der Waals surface area contributed by atoms with Crippen LogP contribution in [0.5, 0.6) is 0 Å². The van der Waals surface area contributed by atoms with E-state index in [2.05, 4.69) is 30.9 Å². The van der Waals surface area contributed by atoms with Crippen LogP contribution >= 0.6 is 0 Å². The second kappa shape index (κ2) is 7.50. The van der Waals surface area contributed by atoms with Crippen molar-refractivity contribution >= 4 is 5.91 Å². The van der Waals surface area contributed by atoms with Crippen LogP contribution in [0.25, 0.3) is 11.6 Å². The number of aromatic nitrogens is 2. The van der Waals surface area contributed by atoms with Gasteiger partial charge in [0, 0.05) is 18.7 Å². The summed E-state index contributed by atoms with van der Waals surface area (Å²) in [5.74, 6) is 2.51. The molecule has 0 saturated carbocycles. The number of rotatable bonds is 3. The summed E-state index contributed by atoms with van der Waals surface area (Å²) in [5.41, 5.74) is 2.01. The highest BCUT2D eigenvalue weighted by atomic mass is 16.5. The van der Waals surface area contributed by atoms with Gasteiger partial charge in [-0.2, -0.15) is 4.98 Å². The van der Waals surface area contributed by atoms with Crippen LogP contribution < -0.4 is 0 Å². The lowest BCUT2D eigenvalue weighted by Gasteiger charge is -2.31. The lowest BCUT2D eigenvalue weighted by Crippen LogP contribution is -2.39. The molecule has 3 aromatic rings. The molecule has 0 bridgehead atoms. The Hall–Kier alpha value is -2.89. The van der Waals surface area contributed by atoms with Gasteiger partial charge in [-0.25, -0.2) is 0 Å². The molecule has 1 fully saturated rings. The second-order valence-electron chi connectivity index (χ2n) is 8.78. The fraction of sp³-hybridized carbons (Fsp3) is 0.435. The molecular weight excluding hydrogens is 366 g/mol. The summed E-state index contributed by atoms with van der Waals surface area (Å²) in [5, 5.41) is 4.05. The van der Waals surface area contributed by atoms with E-state index in [1.807, 2.05) is 48.2 Å². The van der Waals surface area contributed by atoms with E-state index in [9.17, 15) is 4.79 Å². The number of nitrogens with zero attached hydrogens (tertiary/aromatic N) is 3. The summed E-state index contributed by atoms with van der Waals surface area (Å²) in [4.78, 5) is 19.4. The number of carbonyl (C=O) groups excluding carboxylic acids is 1. The molecule has 1 aliphatic heterocycles. The predicted molar refractivity (Wildman–Crippen MR) is 110 cm³/mol. The van der Waals surface area contributed by atoms with Crippen molar-refractivity contribution in [2.45, 2.75) is 51.9 Å². The number of hydrogen-bond acceptors (Lipinski definition) is 5. The van der Waals surface area contributed by atoms with Crippen molar-refractivity contribution in [1.29, 1.82) is 0 Å². The van der Waals surface area contributed by atoms with E-state index < -0.39 is 0 Å². The van der Waals surface area contributed by atoms with E-state index >= 15 is 0 Å². The van der Waals surface area contributed by atoms with Crippen LogP contribution in [0.3, 0.4) is 0 Å². The monoisotopic (exact) mass is 393 g/mol. The first kappa shape index (κ1) is 19.4. The first-order valence-electron chi connectivity index (χ1n) is 10.1. The van der Waals surface area contributed by atoms with Crippen molar-refractivity contribution in [2.24, 2.45) is 0 Å². The number of carbonyl (C=O) groups is 1. The van der Waals surface area contributed by atoms with Gasteiger partial charge in [0.2, 0.25) is 11.7 Å². The van der Waals surface area contributed by atoms with Crippen LogP contribution in [0.15, 0.2) is 45.3 Å². The highest BCUT2D eigenvalue weighted by Crippen LogP contribution is 2.29. The molecule has 29 heavy (non-hydrogen) atoms. The maximum absolute atomic E-state index is 13.0. The van der Waals surface area contributed by atoms with Gasteiger partial charge >= 0.3 is 0 Å². The average Bonchev–Trinajstić information content (AvgIpc) is 3.36. The molecule has 0 spiro atoms. The third kappa shape index (κ3) is 4.11.